The van der Waals surface area contributed by atoms with Crippen LogP contribution in [-0.4, -0.2) is 28.2 Å². The largest absolute Gasteiger partial charge is 0.494 e. The Bertz CT molecular complexity index is 9300. The number of fused-ring (bicyclic) bond motifs is 36. The van der Waals surface area contributed by atoms with E-state index < -0.39 is 20.0 Å². The van der Waals surface area contributed by atoms with Crippen LogP contribution in [0.25, 0.3) is 196 Å². The molecule has 26 aromatic rings. The molecule has 12 nitrogen and oxygen atoms in total. The smallest absolute Gasteiger partial charge is 0.455 e. The number of nitro groups is 2. The summed E-state index contributed by atoms with van der Waals surface area (Å²) in [4.78, 5) is 20.9. The van der Waals surface area contributed by atoms with Crippen molar-refractivity contribution in [2.75, 3.05) is 0 Å². The van der Waals surface area contributed by atoms with Crippen molar-refractivity contribution >= 4 is 254 Å². The molecule has 22 aromatic carbocycles. The molecule has 16 heteroatoms. The zero-order chi connectivity index (χ0) is 94.3. The highest BCUT2D eigenvalue weighted by Gasteiger charge is 2.52. The minimum absolute atomic E-state index is 0. The lowest BCUT2D eigenvalue weighted by atomic mass is 9.79. The SMILES string of the molecule is Brc1ccc2c(c1)oc1c3ccccc3c3ccccc3c21.C.CC1(C)OB(c2ccc3c(c2)oc2c4ccccc4c4ccccc4c32)OC1(C)C.O=[N+]([O-])c1ccccc1-c1ccc2c(c1)oc1c3ccccc3c3ccccc3c21.O=[N+]([O-])c1ccccc1Br.c1ccc(P(c2ccccc2)c2ccccc2)cc1.c1ccc2c(c1)Cc1c-2ccc2c1oc1c3ccccc3c3ccccc3c21. The minimum atomic E-state index is -0.446. The number of nitro benzene ring substituents is 2. The molecule has 1 fully saturated rings. The van der Waals surface area contributed by atoms with Gasteiger partial charge in [0.25, 0.3) is 11.4 Å². The summed E-state index contributed by atoms with van der Waals surface area (Å²) < 4.78 is 39.8. The molecule has 1 aliphatic heterocycles. The van der Waals surface area contributed by atoms with Gasteiger partial charge in [-0.15, -0.1) is 0 Å². The fraction of sp³-hybridized carbons (Fsp3) is 0.0645. The average molecular weight is 1970 g/mol. The summed E-state index contributed by atoms with van der Waals surface area (Å²) in [7, 11) is -0.848. The standard InChI is InChI=1S/C27H16O.C26H23BO3.C26H15NO3.C20H11BrO.C18H15P.C6H4BrNO2.CH4/c1-2-8-17-16(7-1)15-24-20(17)13-14-23-25-21-11-5-3-9-18(21)19-10-4-6-12-22(19)27(25)28-26(23)24;1-25(2)26(3,4)30-27(29-25)16-13-14-21-22(15-16)28-24-20-12-8-6-10-18(20)17-9-5-7-11-19(17)23(21)24;28-27(29)23-12-6-5-7-17(23)16-13-14-22-24(15-16)30-26-21-11-4-2-9-19(21)18-8-1-3-10-20(18)25(22)26;21-12-9-10-17-18(11-12)22-20-16-8-4-2-6-14(16)13-5-1-3-7-15(13)19(17)20;1-4-10-16(11-5-1)19(17-12-6-2-7-13-17)18-14-8-3-9-15-18;7-5-3-1-2-4-6(5)8(9)10;/h1-14H,15H2;5-15H,1-4H3;1-15H;1-11H;1-15H;1-4H;1H4. The quantitative estimate of drug-likeness (QED) is 0.0494. The van der Waals surface area contributed by atoms with Gasteiger partial charge in [-0.3, -0.25) is 20.2 Å². The third kappa shape index (κ3) is 15.9. The molecule has 0 spiro atoms. The number of benzene rings is 22. The van der Waals surface area contributed by atoms with Crippen molar-refractivity contribution in [3.8, 4) is 22.3 Å². The highest BCUT2D eigenvalue weighted by atomic mass is 79.9. The molecule has 676 valence electrons. The first-order valence-corrected chi connectivity index (χ1v) is 49.1. The van der Waals surface area contributed by atoms with Gasteiger partial charge in [0.1, 0.15) is 44.7 Å². The first-order chi connectivity index (χ1) is 68.0. The molecule has 1 saturated heterocycles. The molecule has 0 radical (unpaired) electrons. The van der Waals surface area contributed by atoms with Gasteiger partial charge < -0.3 is 27.0 Å². The maximum atomic E-state index is 11.5. The lowest BCUT2D eigenvalue weighted by molar-refractivity contribution is -0.385. The van der Waals surface area contributed by atoms with Gasteiger partial charge in [-0.1, -0.05) is 381 Å². The summed E-state index contributed by atoms with van der Waals surface area (Å²) in [5, 5.41) is 54.4. The van der Waals surface area contributed by atoms with Crippen LogP contribution < -0.4 is 21.4 Å². The van der Waals surface area contributed by atoms with E-state index in [0.717, 1.165) is 104 Å². The van der Waals surface area contributed by atoms with Gasteiger partial charge in [0, 0.05) is 93.2 Å². The average Bonchev–Trinajstić information content (AvgIpc) is 1.55. The van der Waals surface area contributed by atoms with E-state index in [2.05, 4.69) is 393 Å². The van der Waals surface area contributed by atoms with Crippen LogP contribution >= 0.6 is 39.8 Å². The molecule has 0 N–H and O–H groups in total. The summed E-state index contributed by atoms with van der Waals surface area (Å²) in [5.74, 6) is 0. The van der Waals surface area contributed by atoms with Gasteiger partial charge in [0.05, 0.1) is 31.1 Å². The molecule has 0 bridgehead atoms. The van der Waals surface area contributed by atoms with E-state index in [1.54, 1.807) is 30.3 Å². The molecule has 0 unspecified atom stereocenters. The first-order valence-electron chi connectivity index (χ1n) is 46.2. The number of nitrogens with zero attached hydrogens (tertiary/aromatic N) is 2. The van der Waals surface area contributed by atoms with Crippen molar-refractivity contribution in [2.24, 2.45) is 0 Å². The molecular formula is C124H88BBr2N2O10P. The Labute approximate surface area is 824 Å². The zero-order valence-corrected chi connectivity index (χ0v) is 79.9. The fourth-order valence-electron chi connectivity index (χ4n) is 20.2. The maximum Gasteiger partial charge on any atom is 0.494 e. The predicted molar refractivity (Wildman–Crippen MR) is 591 cm³/mol. The normalized spacial score (nSPS) is 12.9. The third-order valence-electron chi connectivity index (χ3n) is 27.4. The van der Waals surface area contributed by atoms with E-state index in [0.29, 0.717) is 10.0 Å². The van der Waals surface area contributed by atoms with Crippen molar-refractivity contribution in [1.29, 1.82) is 0 Å². The number of para-hydroxylation sites is 2. The third-order valence-corrected chi connectivity index (χ3v) is 31.0. The Balaban J connectivity index is 0.0000000988. The Kier molecular flexibility index (Phi) is 23.6. The Morgan fingerprint density at radius 1 is 0.286 bits per heavy atom. The summed E-state index contributed by atoms with van der Waals surface area (Å²) in [6.07, 6.45) is 0.943. The van der Waals surface area contributed by atoms with Crippen molar-refractivity contribution in [1.82, 2.24) is 0 Å². The summed E-state index contributed by atoms with van der Waals surface area (Å²) in [6.45, 7) is 8.30. The van der Waals surface area contributed by atoms with Crippen LogP contribution in [0.3, 0.4) is 0 Å². The number of furan rings is 4. The molecule has 1 aliphatic carbocycles. The second-order valence-electron chi connectivity index (χ2n) is 35.9. The van der Waals surface area contributed by atoms with Crippen LogP contribution in [0, 0.1) is 20.2 Å². The molecule has 5 heterocycles. The second kappa shape index (κ2) is 37.0. The highest BCUT2D eigenvalue weighted by molar-refractivity contribution is 9.10. The molecule has 0 amide bonds. The van der Waals surface area contributed by atoms with Crippen molar-refractivity contribution in [2.45, 2.75) is 52.7 Å². The molecular weight excluding hydrogens is 1880 g/mol. The second-order valence-corrected chi connectivity index (χ2v) is 39.9. The Morgan fingerprint density at radius 3 is 1.03 bits per heavy atom. The van der Waals surface area contributed by atoms with Crippen molar-refractivity contribution in [3.63, 3.8) is 0 Å². The van der Waals surface area contributed by atoms with Gasteiger partial charge in [-0.25, -0.2) is 0 Å². The van der Waals surface area contributed by atoms with Crippen LogP contribution in [0.1, 0.15) is 46.2 Å². The highest BCUT2D eigenvalue weighted by Crippen LogP contribution is 2.50. The Morgan fingerprint density at radius 2 is 0.607 bits per heavy atom. The van der Waals surface area contributed by atoms with Crippen LogP contribution in [-0.2, 0) is 15.7 Å². The summed E-state index contributed by atoms with van der Waals surface area (Å²) in [5.41, 5.74) is 14.5. The van der Waals surface area contributed by atoms with Crippen LogP contribution in [0.4, 0.5) is 11.4 Å². The molecule has 2 aliphatic rings. The number of hydrogen-bond donors (Lipinski definition) is 0. The van der Waals surface area contributed by atoms with Crippen LogP contribution in [0.5, 0.6) is 0 Å². The van der Waals surface area contributed by atoms with E-state index in [9.17, 15) is 20.2 Å². The van der Waals surface area contributed by atoms with E-state index in [-0.39, 0.29) is 34.9 Å². The number of rotatable bonds is 7. The molecule has 140 heavy (non-hydrogen) atoms. The molecule has 4 aromatic heterocycles. The lowest BCUT2D eigenvalue weighted by Gasteiger charge is -2.32. The number of hydrogen-bond acceptors (Lipinski definition) is 10. The topological polar surface area (TPSA) is 157 Å². The first kappa shape index (κ1) is 89.5. The Hall–Kier alpha value is -15.7. The minimum Gasteiger partial charge on any atom is -0.455 e. The molecule has 0 saturated carbocycles. The van der Waals surface area contributed by atoms with Gasteiger partial charge in [0.15, 0.2) is 0 Å². The van der Waals surface area contributed by atoms with Crippen LogP contribution in [0.15, 0.2) is 451 Å². The maximum absolute atomic E-state index is 11.5. The van der Waals surface area contributed by atoms with Crippen LogP contribution in [0.2, 0.25) is 0 Å². The van der Waals surface area contributed by atoms with E-state index in [4.69, 9.17) is 27.0 Å². The van der Waals surface area contributed by atoms with E-state index in [1.807, 2.05) is 48.5 Å². The molecule has 28 rings (SSSR count). The summed E-state index contributed by atoms with van der Waals surface area (Å²) >= 11 is 6.58. The van der Waals surface area contributed by atoms with Gasteiger partial charge in [-0.2, -0.15) is 0 Å². The molecule has 0 atom stereocenters. The number of halogens is 2. The van der Waals surface area contributed by atoms with E-state index >= 15 is 0 Å². The zero-order valence-electron chi connectivity index (χ0n) is 75.9. The van der Waals surface area contributed by atoms with Crippen molar-refractivity contribution < 1.29 is 36.8 Å². The summed E-state index contributed by atoms with van der Waals surface area (Å²) in [6, 6.07) is 145. The predicted octanol–water partition coefficient (Wildman–Crippen LogP) is 34.2. The van der Waals surface area contributed by atoms with Crippen molar-refractivity contribution in [3.05, 3.63) is 465 Å². The van der Waals surface area contributed by atoms with Gasteiger partial charge in [-0.05, 0) is 214 Å². The lowest BCUT2D eigenvalue weighted by Crippen LogP contribution is -2.41. The fourth-order valence-corrected chi connectivity index (χ4v) is 23.3. The monoisotopic (exact) mass is 1960 g/mol. The van der Waals surface area contributed by atoms with Gasteiger partial charge >= 0.3 is 7.12 Å². The van der Waals surface area contributed by atoms with Gasteiger partial charge in [0.2, 0.25) is 0 Å². The van der Waals surface area contributed by atoms with E-state index in [1.165, 1.54) is 142 Å².